The van der Waals surface area contributed by atoms with Gasteiger partial charge in [0, 0.05) is 17.6 Å². The number of alkyl carbamates (subject to hydrolysis) is 1. The molecule has 12 heteroatoms. The predicted octanol–water partition coefficient (Wildman–Crippen LogP) is 2.67. The Morgan fingerprint density at radius 3 is 2.05 bits per heavy atom. The standard InChI is InChI=1S/C25H31BF2N2O7/c1-24(2,3)36-22(32)20(30-23(33)37-25(4,5)6)12-14-7-9-16(18(27)11-14)21(31)29-15-8-10-17(26(34)35)19(28)13-15/h7-11,13,20,34-35H,12H2,1-6H3,(H,29,31)(H,30,33)/t20-/m0/s1. The third-order valence-corrected chi connectivity index (χ3v) is 4.64. The van der Waals surface area contributed by atoms with Crippen molar-refractivity contribution in [3.8, 4) is 0 Å². The first kappa shape index (κ1) is 29.7. The number of hydrogen-bond acceptors (Lipinski definition) is 7. The van der Waals surface area contributed by atoms with Crippen molar-refractivity contribution < 1.29 is 42.7 Å². The van der Waals surface area contributed by atoms with Crippen LogP contribution in [0.25, 0.3) is 0 Å². The number of carbonyl (C=O) groups excluding carboxylic acids is 3. The fourth-order valence-corrected chi connectivity index (χ4v) is 3.13. The van der Waals surface area contributed by atoms with Crippen LogP contribution < -0.4 is 16.1 Å². The van der Waals surface area contributed by atoms with Crippen LogP contribution in [0.1, 0.15) is 57.5 Å². The Labute approximate surface area is 214 Å². The van der Waals surface area contributed by atoms with Crippen molar-refractivity contribution in [2.45, 2.75) is 65.2 Å². The summed E-state index contributed by atoms with van der Waals surface area (Å²) in [6.07, 6.45) is -1.00. The van der Waals surface area contributed by atoms with E-state index >= 15 is 0 Å². The van der Waals surface area contributed by atoms with Crippen LogP contribution in [0.15, 0.2) is 36.4 Å². The van der Waals surface area contributed by atoms with Gasteiger partial charge in [-0.3, -0.25) is 4.79 Å². The average Bonchev–Trinajstić information content (AvgIpc) is 2.70. The summed E-state index contributed by atoms with van der Waals surface area (Å²) in [5, 5.41) is 22.9. The second kappa shape index (κ2) is 11.7. The van der Waals surface area contributed by atoms with Gasteiger partial charge in [-0.2, -0.15) is 0 Å². The Hall–Kier alpha value is -3.51. The van der Waals surface area contributed by atoms with E-state index in [1.54, 1.807) is 41.5 Å². The molecular formula is C25H31BF2N2O7. The normalized spacial score (nSPS) is 12.4. The van der Waals surface area contributed by atoms with E-state index in [1.165, 1.54) is 18.2 Å². The average molecular weight is 520 g/mol. The van der Waals surface area contributed by atoms with Gasteiger partial charge in [0.05, 0.1) is 5.56 Å². The fraction of sp³-hybridized carbons (Fsp3) is 0.400. The third-order valence-electron chi connectivity index (χ3n) is 4.64. The molecule has 4 N–H and O–H groups in total. The topological polar surface area (TPSA) is 134 Å². The Kier molecular flexibility index (Phi) is 9.40. The van der Waals surface area contributed by atoms with Gasteiger partial charge in [0.1, 0.15) is 28.9 Å². The molecule has 0 saturated heterocycles. The summed E-state index contributed by atoms with van der Waals surface area (Å²) in [5.74, 6) is -3.51. The molecule has 0 bridgehead atoms. The molecule has 9 nitrogen and oxygen atoms in total. The molecule has 0 aliphatic carbocycles. The van der Waals surface area contributed by atoms with Crippen molar-refractivity contribution in [2.75, 3.05) is 5.32 Å². The molecule has 37 heavy (non-hydrogen) atoms. The summed E-state index contributed by atoms with van der Waals surface area (Å²) in [7, 11) is -2.02. The van der Waals surface area contributed by atoms with Crippen molar-refractivity contribution in [3.05, 3.63) is 59.2 Å². The van der Waals surface area contributed by atoms with Gasteiger partial charge in [-0.05, 0) is 71.4 Å². The number of ether oxygens (including phenoxy) is 2. The van der Waals surface area contributed by atoms with Crippen LogP contribution in [0.2, 0.25) is 0 Å². The molecule has 2 amide bonds. The first-order valence-electron chi connectivity index (χ1n) is 11.4. The maximum atomic E-state index is 14.8. The Bertz CT molecular complexity index is 1160. The van der Waals surface area contributed by atoms with Gasteiger partial charge in [0.2, 0.25) is 0 Å². The van der Waals surface area contributed by atoms with E-state index in [4.69, 9.17) is 19.5 Å². The molecule has 0 aromatic heterocycles. The SMILES string of the molecule is CC(C)(C)OC(=O)N[C@@H](Cc1ccc(C(=O)Nc2ccc(B(O)O)c(F)c2)c(F)c1)C(=O)OC(C)(C)C. The highest BCUT2D eigenvalue weighted by Crippen LogP contribution is 2.18. The summed E-state index contributed by atoms with van der Waals surface area (Å²) in [5.41, 5.74) is -2.14. The Morgan fingerprint density at radius 2 is 1.54 bits per heavy atom. The number of esters is 1. The highest BCUT2D eigenvalue weighted by atomic mass is 19.1. The van der Waals surface area contributed by atoms with Crippen molar-refractivity contribution in [2.24, 2.45) is 0 Å². The molecule has 2 aromatic rings. The van der Waals surface area contributed by atoms with Crippen molar-refractivity contribution in [1.29, 1.82) is 0 Å². The molecule has 0 fully saturated rings. The molecule has 0 spiro atoms. The molecule has 2 aromatic carbocycles. The number of amides is 2. The minimum atomic E-state index is -2.02. The van der Waals surface area contributed by atoms with Crippen LogP contribution >= 0.6 is 0 Å². The molecule has 0 aliphatic heterocycles. The smallest absolute Gasteiger partial charge is 0.458 e. The summed E-state index contributed by atoms with van der Waals surface area (Å²) < 4.78 is 39.3. The number of halogens is 2. The first-order chi connectivity index (χ1) is 16.9. The molecule has 0 heterocycles. The van der Waals surface area contributed by atoms with E-state index in [0.717, 1.165) is 18.2 Å². The van der Waals surface area contributed by atoms with E-state index < -0.39 is 54.0 Å². The number of nitrogens with one attached hydrogen (secondary N) is 2. The van der Waals surface area contributed by atoms with Gasteiger partial charge in [-0.1, -0.05) is 12.1 Å². The summed E-state index contributed by atoms with van der Waals surface area (Å²) in [6, 6.07) is 5.59. The minimum absolute atomic E-state index is 0.0260. The lowest BCUT2D eigenvalue weighted by Gasteiger charge is -2.26. The molecular weight excluding hydrogens is 489 g/mol. The number of anilines is 1. The van der Waals surface area contributed by atoms with Gasteiger partial charge in [0.25, 0.3) is 5.91 Å². The lowest BCUT2D eigenvalue weighted by Crippen LogP contribution is -2.47. The van der Waals surface area contributed by atoms with E-state index in [0.29, 0.717) is 0 Å². The first-order valence-corrected chi connectivity index (χ1v) is 11.4. The quantitative estimate of drug-likeness (QED) is 0.326. The van der Waals surface area contributed by atoms with Gasteiger partial charge in [-0.25, -0.2) is 18.4 Å². The molecule has 200 valence electrons. The zero-order valence-corrected chi connectivity index (χ0v) is 21.5. The van der Waals surface area contributed by atoms with Crippen LogP contribution in [0.5, 0.6) is 0 Å². The van der Waals surface area contributed by atoms with E-state index in [9.17, 15) is 23.2 Å². The molecule has 0 unspecified atom stereocenters. The van der Waals surface area contributed by atoms with Gasteiger partial charge in [0.15, 0.2) is 0 Å². The van der Waals surface area contributed by atoms with Gasteiger partial charge in [-0.15, -0.1) is 0 Å². The lowest BCUT2D eigenvalue weighted by molar-refractivity contribution is -0.157. The van der Waals surface area contributed by atoms with E-state index in [1.807, 2.05) is 0 Å². The number of carbonyl (C=O) groups is 3. The van der Waals surface area contributed by atoms with Crippen LogP contribution in [0, 0.1) is 11.6 Å². The Balaban J connectivity index is 2.20. The van der Waals surface area contributed by atoms with E-state index in [2.05, 4.69) is 10.6 Å². The van der Waals surface area contributed by atoms with Gasteiger partial charge >= 0.3 is 19.2 Å². The van der Waals surface area contributed by atoms with Crippen LogP contribution in [-0.2, 0) is 20.7 Å². The minimum Gasteiger partial charge on any atom is -0.458 e. The maximum absolute atomic E-state index is 14.8. The van der Waals surface area contributed by atoms with Crippen LogP contribution in [0.3, 0.4) is 0 Å². The number of benzene rings is 2. The Morgan fingerprint density at radius 1 is 0.919 bits per heavy atom. The number of hydrogen-bond donors (Lipinski definition) is 4. The second-order valence-corrected chi connectivity index (χ2v) is 10.3. The largest absolute Gasteiger partial charge is 0.491 e. The van der Waals surface area contributed by atoms with Crippen molar-refractivity contribution >= 4 is 36.2 Å². The molecule has 0 radical (unpaired) electrons. The fourth-order valence-electron chi connectivity index (χ4n) is 3.13. The lowest BCUT2D eigenvalue weighted by atomic mass is 9.80. The monoisotopic (exact) mass is 520 g/mol. The highest BCUT2D eigenvalue weighted by Gasteiger charge is 2.29. The third kappa shape index (κ3) is 9.47. The molecule has 0 saturated carbocycles. The second-order valence-electron chi connectivity index (χ2n) is 10.3. The molecule has 0 aliphatic rings. The van der Waals surface area contributed by atoms with Gasteiger partial charge < -0.3 is 30.2 Å². The molecule has 1 atom stereocenters. The summed E-state index contributed by atoms with van der Waals surface area (Å²) in [6.45, 7) is 9.96. The van der Waals surface area contributed by atoms with E-state index in [-0.39, 0.29) is 28.7 Å². The maximum Gasteiger partial charge on any atom is 0.491 e. The zero-order chi connectivity index (χ0) is 28.1. The number of rotatable bonds is 7. The highest BCUT2D eigenvalue weighted by molar-refractivity contribution is 6.58. The zero-order valence-electron chi connectivity index (χ0n) is 21.5. The van der Waals surface area contributed by atoms with Crippen molar-refractivity contribution in [3.63, 3.8) is 0 Å². The summed E-state index contributed by atoms with van der Waals surface area (Å²) in [4.78, 5) is 37.5. The van der Waals surface area contributed by atoms with Crippen molar-refractivity contribution in [1.82, 2.24) is 5.32 Å². The van der Waals surface area contributed by atoms with Crippen LogP contribution in [-0.4, -0.2) is 52.4 Å². The molecule has 2 rings (SSSR count). The summed E-state index contributed by atoms with van der Waals surface area (Å²) >= 11 is 0. The predicted molar refractivity (Wildman–Crippen MR) is 133 cm³/mol. The van der Waals surface area contributed by atoms with Crippen LogP contribution in [0.4, 0.5) is 19.3 Å².